The average molecular weight is 367 g/mol. The molecule has 0 saturated heterocycles. The van der Waals surface area contributed by atoms with Crippen LogP contribution in [0.4, 0.5) is 13.2 Å². The Morgan fingerprint density at radius 1 is 0.692 bits per heavy atom. The topological polar surface area (TPSA) is 0 Å². The molecule has 3 heteroatoms. The van der Waals surface area contributed by atoms with Gasteiger partial charge in [0.15, 0.2) is 17.5 Å². The van der Waals surface area contributed by atoms with E-state index in [1.807, 2.05) is 0 Å². The van der Waals surface area contributed by atoms with Crippen molar-refractivity contribution >= 4 is 0 Å². The average Bonchev–Trinajstić information content (AvgIpc) is 2.66. The van der Waals surface area contributed by atoms with Crippen LogP contribution < -0.4 is 0 Å². The molecule has 0 aliphatic heterocycles. The molecule has 0 bridgehead atoms. The summed E-state index contributed by atoms with van der Waals surface area (Å²) in [7, 11) is 0. The van der Waals surface area contributed by atoms with Gasteiger partial charge in [0, 0.05) is 0 Å². The summed E-state index contributed by atoms with van der Waals surface area (Å²) in [6, 6.07) is 2.39. The number of rotatable bonds is 6. The molecule has 0 unspecified atom stereocenters. The maximum Gasteiger partial charge on any atom is 0.194 e. The lowest BCUT2D eigenvalue weighted by Crippen LogP contribution is -2.18. The molecular weight excluding hydrogens is 333 g/mol. The highest BCUT2D eigenvalue weighted by molar-refractivity contribution is 5.23. The van der Waals surface area contributed by atoms with Gasteiger partial charge in [-0.25, -0.2) is 13.2 Å². The van der Waals surface area contributed by atoms with Gasteiger partial charge in [-0.15, -0.1) is 0 Å². The normalized spacial score (nSPS) is 29.7. The Morgan fingerprint density at radius 2 is 1.12 bits per heavy atom. The monoisotopic (exact) mass is 366 g/mol. The molecular formula is C23H33F3. The minimum atomic E-state index is -1.35. The van der Waals surface area contributed by atoms with Crippen LogP contribution in [0.1, 0.15) is 95.5 Å². The molecule has 26 heavy (non-hydrogen) atoms. The number of hydrogen-bond acceptors (Lipinski definition) is 0. The second-order valence-corrected chi connectivity index (χ2v) is 8.77. The van der Waals surface area contributed by atoms with Gasteiger partial charge >= 0.3 is 0 Å². The van der Waals surface area contributed by atoms with E-state index in [2.05, 4.69) is 6.92 Å². The molecule has 0 N–H and O–H groups in total. The molecule has 2 aliphatic carbocycles. The Bertz CT molecular complexity index is 544. The van der Waals surface area contributed by atoms with Crippen LogP contribution in [-0.2, 0) is 0 Å². The summed E-state index contributed by atoms with van der Waals surface area (Å²) >= 11 is 0. The second kappa shape index (κ2) is 9.28. The van der Waals surface area contributed by atoms with Crippen LogP contribution in [-0.4, -0.2) is 0 Å². The third-order valence-corrected chi connectivity index (χ3v) is 6.97. The highest BCUT2D eigenvalue weighted by atomic mass is 19.2. The smallest absolute Gasteiger partial charge is 0.194 e. The zero-order chi connectivity index (χ0) is 18.5. The first-order chi connectivity index (χ1) is 12.6. The van der Waals surface area contributed by atoms with Gasteiger partial charge in [-0.1, -0.05) is 58.3 Å². The van der Waals surface area contributed by atoms with Crippen molar-refractivity contribution in [2.45, 2.75) is 89.9 Å². The second-order valence-electron chi connectivity index (χ2n) is 8.77. The van der Waals surface area contributed by atoms with E-state index in [9.17, 15) is 13.2 Å². The minimum Gasteiger partial charge on any atom is -0.204 e. The van der Waals surface area contributed by atoms with Crippen LogP contribution in [0.15, 0.2) is 12.1 Å². The molecule has 2 fully saturated rings. The van der Waals surface area contributed by atoms with E-state index >= 15 is 0 Å². The molecule has 3 rings (SSSR count). The SMILES string of the molecule is CCC[C@H]1CC[C@H](CC[C@H]2CC[C@H](c3cc(F)c(F)c(F)c3)CC2)CC1. The maximum atomic E-state index is 13.5. The fraction of sp³-hybridized carbons (Fsp3) is 0.739. The van der Waals surface area contributed by atoms with E-state index in [-0.39, 0.29) is 5.92 Å². The third-order valence-electron chi connectivity index (χ3n) is 6.97. The molecule has 0 spiro atoms. The molecule has 0 nitrogen and oxygen atoms in total. The van der Waals surface area contributed by atoms with Crippen molar-refractivity contribution in [2.75, 3.05) is 0 Å². The van der Waals surface area contributed by atoms with E-state index in [1.165, 1.54) is 63.5 Å². The Morgan fingerprint density at radius 3 is 1.58 bits per heavy atom. The van der Waals surface area contributed by atoms with Gasteiger partial charge < -0.3 is 0 Å². The van der Waals surface area contributed by atoms with Gasteiger partial charge in [-0.2, -0.15) is 0 Å². The summed E-state index contributed by atoms with van der Waals surface area (Å²) in [5.74, 6) is -0.628. The van der Waals surface area contributed by atoms with Crippen molar-refractivity contribution in [2.24, 2.45) is 17.8 Å². The fourth-order valence-corrected chi connectivity index (χ4v) is 5.28. The van der Waals surface area contributed by atoms with Crippen molar-refractivity contribution in [3.05, 3.63) is 35.1 Å². The summed E-state index contributed by atoms with van der Waals surface area (Å²) in [5, 5.41) is 0. The zero-order valence-corrected chi connectivity index (χ0v) is 16.1. The lowest BCUT2D eigenvalue weighted by molar-refractivity contribution is 0.224. The fourth-order valence-electron chi connectivity index (χ4n) is 5.28. The van der Waals surface area contributed by atoms with Crippen LogP contribution in [0.5, 0.6) is 0 Å². The van der Waals surface area contributed by atoms with Crippen molar-refractivity contribution < 1.29 is 13.2 Å². The number of benzene rings is 1. The number of hydrogen-bond donors (Lipinski definition) is 0. The predicted octanol–water partition coefficient (Wildman–Crippen LogP) is 7.76. The third kappa shape index (κ3) is 5.04. The maximum absolute atomic E-state index is 13.5. The molecule has 1 aromatic carbocycles. The first-order valence-corrected chi connectivity index (χ1v) is 10.7. The van der Waals surface area contributed by atoms with Crippen LogP contribution in [0, 0.1) is 35.2 Å². The van der Waals surface area contributed by atoms with E-state index in [1.54, 1.807) is 0 Å². The molecule has 2 saturated carbocycles. The largest absolute Gasteiger partial charge is 0.204 e. The quantitative estimate of drug-likeness (QED) is 0.451. The van der Waals surface area contributed by atoms with Gasteiger partial charge in [0.1, 0.15) is 0 Å². The van der Waals surface area contributed by atoms with Gasteiger partial charge in [0.2, 0.25) is 0 Å². The van der Waals surface area contributed by atoms with Crippen LogP contribution in [0.2, 0.25) is 0 Å². The highest BCUT2D eigenvalue weighted by Crippen LogP contribution is 2.40. The lowest BCUT2D eigenvalue weighted by Gasteiger charge is -2.32. The molecule has 0 amide bonds. The Hall–Kier alpha value is -0.990. The molecule has 0 atom stereocenters. The Kier molecular flexibility index (Phi) is 7.05. The van der Waals surface area contributed by atoms with E-state index in [0.29, 0.717) is 5.56 Å². The lowest BCUT2D eigenvalue weighted by atomic mass is 9.74. The molecule has 146 valence electrons. The Balaban J connectivity index is 1.40. The van der Waals surface area contributed by atoms with Crippen molar-refractivity contribution in [3.63, 3.8) is 0 Å². The van der Waals surface area contributed by atoms with Crippen LogP contribution in [0.3, 0.4) is 0 Å². The molecule has 1 aromatic rings. The molecule has 0 heterocycles. The highest BCUT2D eigenvalue weighted by Gasteiger charge is 2.26. The van der Waals surface area contributed by atoms with Crippen molar-refractivity contribution in [1.29, 1.82) is 0 Å². The summed E-state index contributed by atoms with van der Waals surface area (Å²) in [4.78, 5) is 0. The van der Waals surface area contributed by atoms with Gasteiger partial charge in [0.05, 0.1) is 0 Å². The summed E-state index contributed by atoms with van der Waals surface area (Å²) in [6.07, 6.45) is 15.3. The van der Waals surface area contributed by atoms with Gasteiger partial charge in [0.25, 0.3) is 0 Å². The van der Waals surface area contributed by atoms with Crippen LogP contribution >= 0.6 is 0 Å². The predicted molar refractivity (Wildman–Crippen MR) is 101 cm³/mol. The number of halogens is 3. The Labute approximate surface area is 156 Å². The summed E-state index contributed by atoms with van der Waals surface area (Å²) in [6.45, 7) is 2.29. The standard InChI is InChI=1S/C23H33F3/c1-2-3-16-4-6-17(7-5-16)8-9-18-10-12-19(13-11-18)20-14-21(24)23(26)22(25)15-20/h14-19H,2-13H2,1H3/t16-,17-,18-,19-. The zero-order valence-electron chi connectivity index (χ0n) is 16.1. The summed E-state index contributed by atoms with van der Waals surface area (Å²) in [5.41, 5.74) is 0.633. The van der Waals surface area contributed by atoms with Crippen molar-refractivity contribution in [3.8, 4) is 0 Å². The van der Waals surface area contributed by atoms with E-state index in [4.69, 9.17) is 0 Å². The first-order valence-electron chi connectivity index (χ1n) is 10.7. The molecule has 2 aliphatic rings. The van der Waals surface area contributed by atoms with E-state index in [0.717, 1.165) is 43.4 Å². The van der Waals surface area contributed by atoms with Gasteiger partial charge in [-0.05, 0) is 67.1 Å². The minimum absolute atomic E-state index is 0.181. The molecule has 0 aromatic heterocycles. The summed E-state index contributed by atoms with van der Waals surface area (Å²) < 4.78 is 40.1. The molecule has 0 radical (unpaired) electrons. The van der Waals surface area contributed by atoms with Crippen molar-refractivity contribution in [1.82, 2.24) is 0 Å². The van der Waals surface area contributed by atoms with Crippen LogP contribution in [0.25, 0.3) is 0 Å². The first kappa shape index (κ1) is 19.8. The van der Waals surface area contributed by atoms with Gasteiger partial charge in [-0.3, -0.25) is 0 Å². The van der Waals surface area contributed by atoms with E-state index < -0.39 is 17.5 Å².